The van der Waals surface area contributed by atoms with Gasteiger partial charge >= 0.3 is 0 Å². The summed E-state index contributed by atoms with van der Waals surface area (Å²) in [6, 6.07) is 0. The molecule has 1 N–H and O–H groups in total. The van der Waals surface area contributed by atoms with Crippen LogP contribution < -0.4 is 5.32 Å². The number of nitrogens with one attached hydrogen (secondary N) is 1. The summed E-state index contributed by atoms with van der Waals surface area (Å²) in [6.45, 7) is 14.9. The number of halogens is 1. The van der Waals surface area contributed by atoms with Crippen molar-refractivity contribution in [3.8, 4) is 0 Å². The van der Waals surface area contributed by atoms with E-state index >= 15 is 0 Å². The van der Waals surface area contributed by atoms with Gasteiger partial charge in [0.2, 0.25) is 0 Å². The average Bonchev–Trinajstić information content (AvgIpc) is 2.32. The van der Waals surface area contributed by atoms with Gasteiger partial charge in [0.15, 0.2) is 0 Å². The van der Waals surface area contributed by atoms with Crippen LogP contribution in [0.15, 0.2) is 0 Å². The normalized spacial score (nSPS) is 24.2. The molecule has 2 aliphatic heterocycles. The van der Waals surface area contributed by atoms with Gasteiger partial charge in [0.25, 0.3) is 0 Å². The third-order valence-electron chi connectivity index (χ3n) is 4.06. The lowest BCUT2D eigenvalue weighted by atomic mass is 9.97. The van der Waals surface area contributed by atoms with Gasteiger partial charge in [0.1, 0.15) is 0 Å². The molecule has 2 saturated heterocycles. The summed E-state index contributed by atoms with van der Waals surface area (Å²) in [5, 5.41) is 3.45. The SMILES string of the molecule is CC(C)CN1CCN(CC2CCNCC2)CC1.Cl. The minimum atomic E-state index is 0. The third kappa shape index (κ3) is 5.43. The quantitative estimate of drug-likeness (QED) is 0.842. The molecule has 0 aromatic carbocycles. The fourth-order valence-electron chi connectivity index (χ4n) is 3.10. The summed E-state index contributed by atoms with van der Waals surface area (Å²) >= 11 is 0. The molecule has 3 nitrogen and oxygen atoms in total. The van der Waals surface area contributed by atoms with Crippen LogP contribution in [0.3, 0.4) is 0 Å². The zero-order chi connectivity index (χ0) is 12.1. The van der Waals surface area contributed by atoms with E-state index in [4.69, 9.17) is 0 Å². The standard InChI is InChI=1S/C14H29N3.ClH/c1-13(2)11-16-7-9-17(10-8-16)12-14-3-5-15-6-4-14;/h13-15H,3-12H2,1-2H3;1H. The molecule has 18 heavy (non-hydrogen) atoms. The van der Waals surface area contributed by atoms with E-state index in [1.165, 1.54) is 65.2 Å². The first kappa shape index (κ1) is 16.2. The van der Waals surface area contributed by atoms with Gasteiger partial charge in [0, 0.05) is 39.3 Å². The molecule has 0 aromatic heterocycles. The van der Waals surface area contributed by atoms with Gasteiger partial charge in [-0.3, -0.25) is 0 Å². The minimum Gasteiger partial charge on any atom is -0.317 e. The van der Waals surface area contributed by atoms with Gasteiger partial charge in [-0.2, -0.15) is 0 Å². The van der Waals surface area contributed by atoms with Crippen molar-refractivity contribution in [3.05, 3.63) is 0 Å². The Morgan fingerprint density at radius 1 is 1.00 bits per heavy atom. The number of nitrogens with zero attached hydrogens (tertiary/aromatic N) is 2. The maximum absolute atomic E-state index is 3.45. The smallest absolute Gasteiger partial charge is 0.0110 e. The van der Waals surface area contributed by atoms with Crippen LogP contribution in [-0.4, -0.2) is 62.2 Å². The maximum atomic E-state index is 3.45. The predicted octanol–water partition coefficient (Wildman–Crippen LogP) is 1.68. The molecule has 108 valence electrons. The highest BCUT2D eigenvalue weighted by atomic mass is 35.5. The first-order valence-corrected chi connectivity index (χ1v) is 7.39. The van der Waals surface area contributed by atoms with Crippen molar-refractivity contribution in [2.75, 3.05) is 52.4 Å². The largest absolute Gasteiger partial charge is 0.317 e. The maximum Gasteiger partial charge on any atom is 0.0110 e. The first-order valence-electron chi connectivity index (χ1n) is 7.39. The molecule has 2 heterocycles. The molecule has 0 saturated carbocycles. The summed E-state index contributed by atoms with van der Waals surface area (Å²) in [6.07, 6.45) is 2.76. The number of hydrogen-bond acceptors (Lipinski definition) is 3. The first-order chi connectivity index (χ1) is 8.24. The van der Waals surface area contributed by atoms with E-state index in [0.29, 0.717) is 0 Å². The molecule has 4 heteroatoms. The molecule has 0 amide bonds. The van der Waals surface area contributed by atoms with Crippen molar-refractivity contribution in [1.82, 2.24) is 15.1 Å². The Hall–Kier alpha value is 0.170. The predicted molar refractivity (Wildman–Crippen MR) is 80.6 cm³/mol. The number of hydrogen-bond donors (Lipinski definition) is 1. The minimum absolute atomic E-state index is 0. The Labute approximate surface area is 119 Å². The number of piperidine rings is 1. The zero-order valence-corrected chi connectivity index (χ0v) is 12.8. The lowest BCUT2D eigenvalue weighted by Gasteiger charge is -2.37. The van der Waals surface area contributed by atoms with E-state index in [-0.39, 0.29) is 12.4 Å². The van der Waals surface area contributed by atoms with Gasteiger partial charge in [-0.1, -0.05) is 13.8 Å². The Bertz CT molecular complexity index is 209. The molecule has 0 unspecified atom stereocenters. The molecule has 2 fully saturated rings. The molecule has 0 aromatic rings. The lowest BCUT2D eigenvalue weighted by molar-refractivity contribution is 0.103. The summed E-state index contributed by atoms with van der Waals surface area (Å²) in [7, 11) is 0. The van der Waals surface area contributed by atoms with Crippen LogP contribution >= 0.6 is 12.4 Å². The van der Waals surface area contributed by atoms with Gasteiger partial charge in [0.05, 0.1) is 0 Å². The highest BCUT2D eigenvalue weighted by Gasteiger charge is 2.21. The average molecular weight is 276 g/mol. The van der Waals surface area contributed by atoms with E-state index in [1.807, 2.05) is 0 Å². The molecular formula is C14H30ClN3. The van der Waals surface area contributed by atoms with Crippen molar-refractivity contribution < 1.29 is 0 Å². The van der Waals surface area contributed by atoms with Crippen LogP contribution in [0.4, 0.5) is 0 Å². The zero-order valence-electron chi connectivity index (χ0n) is 12.0. The van der Waals surface area contributed by atoms with Gasteiger partial charge in [-0.25, -0.2) is 0 Å². The highest BCUT2D eigenvalue weighted by Crippen LogP contribution is 2.15. The van der Waals surface area contributed by atoms with Crippen molar-refractivity contribution in [3.63, 3.8) is 0 Å². The second-order valence-corrected chi connectivity index (χ2v) is 6.19. The highest BCUT2D eigenvalue weighted by molar-refractivity contribution is 5.85. The van der Waals surface area contributed by atoms with Crippen LogP contribution in [0, 0.1) is 11.8 Å². The number of piperazine rings is 1. The molecule has 2 rings (SSSR count). The Kier molecular flexibility index (Phi) is 7.54. The van der Waals surface area contributed by atoms with E-state index in [9.17, 15) is 0 Å². The summed E-state index contributed by atoms with van der Waals surface area (Å²) < 4.78 is 0. The van der Waals surface area contributed by atoms with E-state index in [1.54, 1.807) is 0 Å². The van der Waals surface area contributed by atoms with Gasteiger partial charge in [-0.15, -0.1) is 12.4 Å². The van der Waals surface area contributed by atoms with Crippen LogP contribution in [0.2, 0.25) is 0 Å². The van der Waals surface area contributed by atoms with Crippen molar-refractivity contribution >= 4 is 12.4 Å². The molecule has 0 atom stereocenters. The van der Waals surface area contributed by atoms with E-state index in [2.05, 4.69) is 29.0 Å². The third-order valence-corrected chi connectivity index (χ3v) is 4.06. The van der Waals surface area contributed by atoms with Gasteiger partial charge in [-0.05, 0) is 37.8 Å². The topological polar surface area (TPSA) is 18.5 Å². The lowest BCUT2D eigenvalue weighted by Crippen LogP contribution is -2.49. The summed E-state index contributed by atoms with van der Waals surface area (Å²) in [5.41, 5.74) is 0. The molecule has 2 aliphatic rings. The van der Waals surface area contributed by atoms with Gasteiger partial charge < -0.3 is 15.1 Å². The van der Waals surface area contributed by atoms with Crippen LogP contribution in [0.1, 0.15) is 26.7 Å². The number of rotatable bonds is 4. The molecule has 0 bridgehead atoms. The molecule has 0 spiro atoms. The monoisotopic (exact) mass is 275 g/mol. The molecule has 0 aliphatic carbocycles. The fraction of sp³-hybridized carbons (Fsp3) is 1.00. The van der Waals surface area contributed by atoms with Crippen LogP contribution in [-0.2, 0) is 0 Å². The van der Waals surface area contributed by atoms with E-state index in [0.717, 1.165) is 11.8 Å². The Morgan fingerprint density at radius 3 is 2.11 bits per heavy atom. The second-order valence-electron chi connectivity index (χ2n) is 6.19. The van der Waals surface area contributed by atoms with Crippen LogP contribution in [0.25, 0.3) is 0 Å². The Balaban J connectivity index is 0.00000162. The van der Waals surface area contributed by atoms with Crippen molar-refractivity contribution in [2.24, 2.45) is 11.8 Å². The molecular weight excluding hydrogens is 246 g/mol. The van der Waals surface area contributed by atoms with E-state index < -0.39 is 0 Å². The summed E-state index contributed by atoms with van der Waals surface area (Å²) in [4.78, 5) is 5.32. The summed E-state index contributed by atoms with van der Waals surface area (Å²) in [5.74, 6) is 1.76. The second kappa shape index (κ2) is 8.36. The van der Waals surface area contributed by atoms with Crippen molar-refractivity contribution in [1.29, 1.82) is 0 Å². The molecule has 0 radical (unpaired) electrons. The van der Waals surface area contributed by atoms with Crippen molar-refractivity contribution in [2.45, 2.75) is 26.7 Å². The Morgan fingerprint density at radius 2 is 1.56 bits per heavy atom. The fourth-order valence-corrected chi connectivity index (χ4v) is 3.10. The van der Waals surface area contributed by atoms with Crippen LogP contribution in [0.5, 0.6) is 0 Å².